The molecule has 0 spiro atoms. The summed E-state index contributed by atoms with van der Waals surface area (Å²) < 4.78 is 0. The Bertz CT molecular complexity index is 954. The lowest BCUT2D eigenvalue weighted by molar-refractivity contribution is 0.0973. The summed E-state index contributed by atoms with van der Waals surface area (Å²) in [6, 6.07) is 2.00. The number of nitrogens with zero attached hydrogens (tertiary/aromatic N) is 4. The Kier molecular flexibility index (Phi) is 3.72. The van der Waals surface area contributed by atoms with Crippen LogP contribution < -0.4 is 4.90 Å². The number of carbonyl (C=O) groups excluding carboxylic acids is 1. The molecule has 3 aromatic heterocycles. The zero-order valence-electron chi connectivity index (χ0n) is 14.7. The predicted octanol–water partition coefficient (Wildman–Crippen LogP) is 3.01. The number of ketones is 1. The van der Waals surface area contributed by atoms with E-state index in [1.165, 1.54) is 19.3 Å². The van der Waals surface area contributed by atoms with Crippen LogP contribution in [-0.2, 0) is 13.0 Å². The first-order valence-electron chi connectivity index (χ1n) is 9.42. The Hall–Kier alpha value is -2.70. The second-order valence-corrected chi connectivity index (χ2v) is 7.40. The van der Waals surface area contributed by atoms with Crippen molar-refractivity contribution in [2.24, 2.45) is 5.92 Å². The Morgan fingerprint density at radius 3 is 3.12 bits per heavy atom. The highest BCUT2D eigenvalue weighted by molar-refractivity contribution is 5.96. The van der Waals surface area contributed by atoms with Gasteiger partial charge in [0.05, 0.1) is 5.39 Å². The highest BCUT2D eigenvalue weighted by Crippen LogP contribution is 2.34. The van der Waals surface area contributed by atoms with Crippen molar-refractivity contribution >= 4 is 22.6 Å². The molecule has 0 radical (unpaired) electrons. The average Bonchev–Trinajstić information content (AvgIpc) is 3.19. The molecule has 134 valence electrons. The number of rotatable bonds is 6. The maximum Gasteiger partial charge on any atom is 0.183 e. The van der Waals surface area contributed by atoms with Gasteiger partial charge in [-0.1, -0.05) is 19.3 Å². The Balaban J connectivity index is 1.37. The Morgan fingerprint density at radius 2 is 2.23 bits per heavy atom. The van der Waals surface area contributed by atoms with Crippen LogP contribution in [0.25, 0.3) is 11.0 Å². The fourth-order valence-corrected chi connectivity index (χ4v) is 3.89. The molecule has 26 heavy (non-hydrogen) atoms. The number of fused-ring (bicyclic) bond motifs is 2. The van der Waals surface area contributed by atoms with Gasteiger partial charge in [0.1, 0.15) is 23.5 Å². The van der Waals surface area contributed by atoms with E-state index < -0.39 is 0 Å². The van der Waals surface area contributed by atoms with Gasteiger partial charge >= 0.3 is 0 Å². The maximum absolute atomic E-state index is 12.7. The van der Waals surface area contributed by atoms with Crippen LogP contribution in [0, 0.1) is 5.92 Å². The molecule has 1 aliphatic carbocycles. The molecule has 0 unspecified atom stereocenters. The van der Waals surface area contributed by atoms with E-state index in [-0.39, 0.29) is 5.78 Å². The molecule has 1 aliphatic heterocycles. The zero-order valence-corrected chi connectivity index (χ0v) is 14.7. The third-order valence-corrected chi connectivity index (χ3v) is 5.54. The summed E-state index contributed by atoms with van der Waals surface area (Å²) in [6.07, 6.45) is 9.74. The van der Waals surface area contributed by atoms with Crippen LogP contribution in [0.4, 0.5) is 5.82 Å². The Labute approximate surface area is 151 Å². The molecule has 0 amide bonds. The molecule has 3 aromatic rings. The van der Waals surface area contributed by atoms with Gasteiger partial charge in [-0.15, -0.1) is 0 Å². The van der Waals surface area contributed by atoms with E-state index in [1.54, 1.807) is 6.33 Å². The number of H-pyrrole nitrogens is 2. The van der Waals surface area contributed by atoms with E-state index >= 15 is 0 Å². The van der Waals surface area contributed by atoms with Crippen LogP contribution >= 0.6 is 0 Å². The lowest BCUT2D eigenvalue weighted by Gasteiger charge is -2.28. The van der Waals surface area contributed by atoms with Gasteiger partial charge in [0, 0.05) is 43.4 Å². The van der Waals surface area contributed by atoms with Crippen molar-refractivity contribution in [2.75, 3.05) is 11.4 Å². The second-order valence-electron chi connectivity index (χ2n) is 7.40. The summed E-state index contributed by atoms with van der Waals surface area (Å²) in [5, 5.41) is 8.45. The van der Waals surface area contributed by atoms with Gasteiger partial charge in [-0.2, -0.15) is 5.10 Å². The molecular weight excluding hydrogens is 328 g/mol. The molecule has 0 atom stereocenters. The van der Waals surface area contributed by atoms with E-state index in [2.05, 4.69) is 30.0 Å². The minimum atomic E-state index is 0.166. The quantitative estimate of drug-likeness (QED) is 0.667. The fourth-order valence-electron chi connectivity index (χ4n) is 3.89. The van der Waals surface area contributed by atoms with Crippen LogP contribution in [0.1, 0.15) is 53.8 Å². The number of anilines is 1. The third-order valence-electron chi connectivity index (χ3n) is 5.54. The van der Waals surface area contributed by atoms with Crippen LogP contribution in [0.2, 0.25) is 0 Å². The molecular formula is C19H22N6O. The van der Waals surface area contributed by atoms with E-state index in [4.69, 9.17) is 0 Å². The minimum absolute atomic E-state index is 0.166. The van der Waals surface area contributed by atoms with Crippen molar-refractivity contribution in [3.8, 4) is 0 Å². The van der Waals surface area contributed by atoms with Crippen molar-refractivity contribution in [2.45, 2.75) is 45.1 Å². The van der Waals surface area contributed by atoms with Gasteiger partial charge in [0.25, 0.3) is 0 Å². The minimum Gasteiger partial charge on any atom is -0.351 e. The first-order chi connectivity index (χ1) is 12.8. The lowest BCUT2D eigenvalue weighted by atomic mass is 10.0. The number of hydrogen-bond acceptors (Lipinski definition) is 5. The maximum atomic E-state index is 12.7. The topological polar surface area (TPSA) is 90.6 Å². The number of hydrogen-bond donors (Lipinski definition) is 2. The third kappa shape index (κ3) is 2.77. The van der Waals surface area contributed by atoms with Crippen LogP contribution in [-0.4, -0.2) is 37.5 Å². The van der Waals surface area contributed by atoms with E-state index in [0.717, 1.165) is 53.4 Å². The van der Waals surface area contributed by atoms with E-state index in [1.807, 2.05) is 12.3 Å². The average molecular weight is 350 g/mol. The predicted molar refractivity (Wildman–Crippen MR) is 98.1 cm³/mol. The molecule has 2 N–H and O–H groups in total. The summed E-state index contributed by atoms with van der Waals surface area (Å²) in [7, 11) is 0. The fraction of sp³-hybridized carbons (Fsp3) is 0.474. The number of aromatic nitrogens is 5. The highest BCUT2D eigenvalue weighted by Gasteiger charge is 2.27. The first kappa shape index (κ1) is 15.5. The summed E-state index contributed by atoms with van der Waals surface area (Å²) in [5.74, 6) is 1.95. The van der Waals surface area contributed by atoms with Gasteiger partial charge in [-0.25, -0.2) is 9.97 Å². The standard InChI is InChI=1S/C19H22N6O/c26-16(3-1-2-12-4-5-12)17-14-10-25(9-7-15(14)23-24-17)19-13-6-8-20-18(13)21-11-22-19/h6,8,11-12H,1-5,7,9-10H2,(H,23,24)(H,20,21,22). The first-order valence-corrected chi connectivity index (χ1v) is 9.42. The molecule has 2 aliphatic rings. The summed E-state index contributed by atoms with van der Waals surface area (Å²) in [5.41, 5.74) is 3.59. The highest BCUT2D eigenvalue weighted by atomic mass is 16.1. The van der Waals surface area contributed by atoms with Crippen molar-refractivity contribution in [1.82, 2.24) is 25.1 Å². The van der Waals surface area contributed by atoms with Crippen molar-refractivity contribution in [3.05, 3.63) is 35.5 Å². The van der Waals surface area contributed by atoms with Crippen molar-refractivity contribution in [3.63, 3.8) is 0 Å². The van der Waals surface area contributed by atoms with Gasteiger partial charge in [-0.05, 0) is 18.4 Å². The number of Topliss-reactive ketones (excluding diaryl/α,β-unsaturated/α-hetero) is 1. The van der Waals surface area contributed by atoms with Crippen LogP contribution in [0.15, 0.2) is 18.6 Å². The number of aromatic amines is 2. The van der Waals surface area contributed by atoms with Gasteiger partial charge in [0.2, 0.25) is 0 Å². The van der Waals surface area contributed by atoms with Crippen molar-refractivity contribution in [1.29, 1.82) is 0 Å². The van der Waals surface area contributed by atoms with Crippen LogP contribution in [0.3, 0.4) is 0 Å². The van der Waals surface area contributed by atoms with Crippen LogP contribution in [0.5, 0.6) is 0 Å². The molecule has 7 heteroatoms. The number of nitrogens with one attached hydrogen (secondary N) is 2. The van der Waals surface area contributed by atoms with Gasteiger partial charge < -0.3 is 9.88 Å². The monoisotopic (exact) mass is 350 g/mol. The molecule has 4 heterocycles. The largest absolute Gasteiger partial charge is 0.351 e. The SMILES string of the molecule is O=C(CCCC1CC1)c1n[nH]c2c1CN(c1ncnc3[nH]ccc13)CC2. The molecule has 7 nitrogen and oxygen atoms in total. The summed E-state index contributed by atoms with van der Waals surface area (Å²) in [6.45, 7) is 1.51. The lowest BCUT2D eigenvalue weighted by Crippen LogP contribution is -2.31. The second kappa shape index (κ2) is 6.23. The molecule has 0 aromatic carbocycles. The smallest absolute Gasteiger partial charge is 0.183 e. The molecule has 5 rings (SSSR count). The molecule has 0 bridgehead atoms. The van der Waals surface area contributed by atoms with Gasteiger partial charge in [-0.3, -0.25) is 9.89 Å². The van der Waals surface area contributed by atoms with Crippen molar-refractivity contribution < 1.29 is 4.79 Å². The zero-order chi connectivity index (χ0) is 17.5. The summed E-state index contributed by atoms with van der Waals surface area (Å²) >= 11 is 0. The summed E-state index contributed by atoms with van der Waals surface area (Å²) in [4.78, 5) is 26.8. The molecule has 0 saturated heterocycles. The number of carbonyl (C=O) groups is 1. The van der Waals surface area contributed by atoms with E-state index in [0.29, 0.717) is 18.7 Å². The Morgan fingerprint density at radius 1 is 1.31 bits per heavy atom. The normalized spacial score (nSPS) is 16.8. The molecule has 1 saturated carbocycles. The van der Waals surface area contributed by atoms with Gasteiger partial charge in [0.15, 0.2) is 5.78 Å². The van der Waals surface area contributed by atoms with E-state index in [9.17, 15) is 4.79 Å². The molecule has 1 fully saturated rings.